The third kappa shape index (κ3) is 1.17. The summed E-state index contributed by atoms with van der Waals surface area (Å²) in [6.07, 6.45) is 3.38. The van der Waals surface area contributed by atoms with Crippen LogP contribution in [0.1, 0.15) is 0 Å². The minimum Gasteiger partial charge on any atom is -0.464 e. The highest BCUT2D eigenvalue weighted by molar-refractivity contribution is 6.01. The Morgan fingerprint density at radius 3 is 3.22 bits per heavy atom. The number of aromatic amines is 1. The van der Waals surface area contributed by atoms with Crippen LogP contribution in [0.5, 0.6) is 0 Å². The molecule has 84 valence electrons. The SMILES string of the molecule is c1cc2occc2c(-c2cccc3[nH]cnc23)c#1. The first-order chi connectivity index (χ1) is 8.93. The predicted octanol–water partition coefficient (Wildman–Crippen LogP) is 3.58. The second kappa shape index (κ2) is 3.38. The molecule has 2 heterocycles. The Bertz CT molecular complexity index is 770. The number of nitrogens with zero attached hydrogens (tertiary/aromatic N) is 1. The van der Waals surface area contributed by atoms with Crippen molar-refractivity contribution in [1.29, 1.82) is 0 Å². The highest BCUT2D eigenvalue weighted by atomic mass is 16.3. The molecule has 0 spiro atoms. The van der Waals surface area contributed by atoms with Crippen molar-refractivity contribution in [2.45, 2.75) is 0 Å². The number of para-hydroxylation sites is 1. The van der Waals surface area contributed by atoms with Crippen LogP contribution in [0, 0.1) is 12.1 Å². The van der Waals surface area contributed by atoms with Gasteiger partial charge in [0.15, 0.2) is 0 Å². The molecule has 0 bridgehead atoms. The fraction of sp³-hybridized carbons (Fsp3) is 0. The van der Waals surface area contributed by atoms with Gasteiger partial charge in [0.1, 0.15) is 5.58 Å². The van der Waals surface area contributed by atoms with E-state index in [1.165, 1.54) is 0 Å². The van der Waals surface area contributed by atoms with E-state index in [2.05, 4.69) is 22.1 Å². The second-order valence-electron chi connectivity index (χ2n) is 4.09. The lowest BCUT2D eigenvalue weighted by atomic mass is 10.0. The van der Waals surface area contributed by atoms with E-state index in [9.17, 15) is 0 Å². The van der Waals surface area contributed by atoms with Crippen LogP contribution in [0.2, 0.25) is 0 Å². The van der Waals surface area contributed by atoms with E-state index in [1.807, 2.05) is 24.3 Å². The predicted molar refractivity (Wildman–Crippen MR) is 69.0 cm³/mol. The van der Waals surface area contributed by atoms with Crippen LogP contribution >= 0.6 is 0 Å². The largest absolute Gasteiger partial charge is 0.464 e. The number of H-pyrrole nitrogens is 1. The summed E-state index contributed by atoms with van der Waals surface area (Å²) in [5.74, 6) is 0. The van der Waals surface area contributed by atoms with Crippen LogP contribution in [0.4, 0.5) is 0 Å². The maximum Gasteiger partial charge on any atom is 0.143 e. The Hall–Kier alpha value is -2.73. The average molecular weight is 232 g/mol. The Morgan fingerprint density at radius 2 is 2.22 bits per heavy atom. The normalized spacial score (nSPS) is 10.9. The van der Waals surface area contributed by atoms with E-state index >= 15 is 0 Å². The van der Waals surface area contributed by atoms with Gasteiger partial charge in [-0.2, -0.15) is 0 Å². The topological polar surface area (TPSA) is 41.8 Å². The van der Waals surface area contributed by atoms with Crippen molar-refractivity contribution in [3.8, 4) is 11.1 Å². The smallest absolute Gasteiger partial charge is 0.143 e. The summed E-state index contributed by atoms with van der Waals surface area (Å²) in [6, 6.07) is 15.9. The Balaban J connectivity index is 2.13. The van der Waals surface area contributed by atoms with E-state index in [0.717, 1.165) is 33.1 Å². The van der Waals surface area contributed by atoms with Crippen LogP contribution in [0.3, 0.4) is 0 Å². The number of furan rings is 1. The molecule has 0 atom stereocenters. The highest BCUT2D eigenvalue weighted by Gasteiger charge is 2.10. The first-order valence-electron chi connectivity index (χ1n) is 5.65. The summed E-state index contributed by atoms with van der Waals surface area (Å²) >= 11 is 0. The van der Waals surface area contributed by atoms with E-state index < -0.39 is 0 Å². The summed E-state index contributed by atoms with van der Waals surface area (Å²) < 4.78 is 5.39. The molecule has 4 aromatic rings. The number of rotatable bonds is 1. The third-order valence-electron chi connectivity index (χ3n) is 3.08. The number of imidazole rings is 1. The van der Waals surface area contributed by atoms with Crippen LogP contribution in [0.25, 0.3) is 33.1 Å². The Kier molecular flexibility index (Phi) is 1.75. The maximum atomic E-state index is 5.39. The minimum absolute atomic E-state index is 0.816. The van der Waals surface area contributed by atoms with Crippen LogP contribution in [-0.4, -0.2) is 9.97 Å². The van der Waals surface area contributed by atoms with E-state index in [4.69, 9.17) is 4.42 Å². The van der Waals surface area contributed by atoms with E-state index in [-0.39, 0.29) is 0 Å². The quantitative estimate of drug-likeness (QED) is 0.545. The number of nitrogens with one attached hydrogen (secondary N) is 1. The summed E-state index contributed by atoms with van der Waals surface area (Å²) in [5, 5.41) is 1.03. The molecule has 0 amide bonds. The molecule has 0 aliphatic carbocycles. The van der Waals surface area contributed by atoms with Crippen molar-refractivity contribution in [2.75, 3.05) is 0 Å². The number of hydrogen-bond donors (Lipinski definition) is 1. The van der Waals surface area contributed by atoms with Crippen LogP contribution < -0.4 is 0 Å². The fourth-order valence-corrected chi connectivity index (χ4v) is 2.26. The van der Waals surface area contributed by atoms with Crippen molar-refractivity contribution >= 4 is 22.0 Å². The summed E-state index contributed by atoms with van der Waals surface area (Å²) in [6.45, 7) is 0. The molecule has 0 unspecified atom stereocenters. The van der Waals surface area contributed by atoms with Gasteiger partial charge < -0.3 is 9.40 Å². The number of fused-ring (bicyclic) bond motifs is 2. The highest BCUT2D eigenvalue weighted by Crippen LogP contribution is 2.31. The van der Waals surface area contributed by atoms with Gasteiger partial charge in [0.2, 0.25) is 0 Å². The third-order valence-corrected chi connectivity index (χ3v) is 3.08. The lowest BCUT2D eigenvalue weighted by Gasteiger charge is -2.01. The minimum atomic E-state index is 0.816. The van der Waals surface area contributed by atoms with Crippen LogP contribution in [0.15, 0.2) is 47.3 Å². The lowest BCUT2D eigenvalue weighted by molar-refractivity contribution is 0.616. The Morgan fingerprint density at radius 1 is 1.22 bits per heavy atom. The van der Waals surface area contributed by atoms with Gasteiger partial charge >= 0.3 is 0 Å². The number of hydrogen-bond acceptors (Lipinski definition) is 2. The lowest BCUT2D eigenvalue weighted by Crippen LogP contribution is -1.80. The van der Waals surface area contributed by atoms with Crippen molar-refractivity contribution < 1.29 is 4.42 Å². The van der Waals surface area contributed by atoms with Crippen molar-refractivity contribution in [2.24, 2.45) is 0 Å². The molecule has 3 nitrogen and oxygen atoms in total. The molecule has 2 aromatic carbocycles. The first kappa shape index (κ1) is 9.32. The molecule has 2 aromatic heterocycles. The summed E-state index contributed by atoms with van der Waals surface area (Å²) in [7, 11) is 0. The van der Waals surface area contributed by atoms with Crippen molar-refractivity contribution in [3.05, 3.63) is 55.1 Å². The summed E-state index contributed by atoms with van der Waals surface area (Å²) in [4.78, 5) is 7.48. The van der Waals surface area contributed by atoms with E-state index in [0.29, 0.717) is 0 Å². The van der Waals surface area contributed by atoms with Crippen molar-refractivity contribution in [3.63, 3.8) is 0 Å². The zero-order chi connectivity index (χ0) is 11.9. The molecule has 0 aliphatic rings. The fourth-order valence-electron chi connectivity index (χ4n) is 2.26. The molecular formula is C15H8N2O. The van der Waals surface area contributed by atoms with Gasteiger partial charge in [-0.15, -0.1) is 0 Å². The van der Waals surface area contributed by atoms with Gasteiger partial charge in [0.25, 0.3) is 0 Å². The standard InChI is InChI=1S/C15H8N2O/c1-4-12(15-13(5-1)16-9-17-15)10-3-2-6-14-11(10)7-8-18-14/h1,4-9H,(H,16,17). The molecule has 1 N–H and O–H groups in total. The number of benzene rings is 1. The molecule has 0 aliphatic heterocycles. The molecular weight excluding hydrogens is 224 g/mol. The number of aromatic nitrogens is 2. The monoisotopic (exact) mass is 232 g/mol. The van der Waals surface area contributed by atoms with Gasteiger partial charge in [-0.25, -0.2) is 4.98 Å². The molecule has 4 rings (SSSR count). The van der Waals surface area contributed by atoms with Gasteiger partial charge in [-0.1, -0.05) is 24.3 Å². The van der Waals surface area contributed by atoms with Crippen molar-refractivity contribution in [1.82, 2.24) is 9.97 Å². The van der Waals surface area contributed by atoms with Gasteiger partial charge in [-0.3, -0.25) is 0 Å². The molecule has 18 heavy (non-hydrogen) atoms. The Labute approximate surface area is 103 Å². The maximum absolute atomic E-state index is 5.39. The van der Waals surface area contributed by atoms with Gasteiger partial charge in [0, 0.05) is 22.6 Å². The zero-order valence-electron chi connectivity index (χ0n) is 9.40. The van der Waals surface area contributed by atoms with E-state index in [1.54, 1.807) is 18.7 Å². The molecule has 3 heteroatoms. The molecule has 0 radical (unpaired) electrons. The zero-order valence-corrected chi connectivity index (χ0v) is 9.40. The van der Waals surface area contributed by atoms with Crippen LogP contribution in [-0.2, 0) is 0 Å². The summed E-state index contributed by atoms with van der Waals surface area (Å²) in [5.41, 5.74) is 4.78. The molecule has 0 saturated heterocycles. The molecule has 0 saturated carbocycles. The molecule has 0 fully saturated rings. The first-order valence-corrected chi connectivity index (χ1v) is 5.65. The van der Waals surface area contributed by atoms with Gasteiger partial charge in [-0.05, 0) is 12.1 Å². The van der Waals surface area contributed by atoms with Gasteiger partial charge in [0.05, 0.1) is 23.6 Å². The average Bonchev–Trinajstić information content (AvgIpc) is 3.06. The second-order valence-corrected chi connectivity index (χ2v) is 4.09.